The van der Waals surface area contributed by atoms with Gasteiger partial charge in [0.15, 0.2) is 0 Å². The summed E-state index contributed by atoms with van der Waals surface area (Å²) >= 11 is 0. The zero-order valence-corrected chi connectivity index (χ0v) is 10.7. The van der Waals surface area contributed by atoms with Crippen LogP contribution in [0.2, 0.25) is 0 Å². The van der Waals surface area contributed by atoms with E-state index < -0.39 is 23.3 Å². The minimum atomic E-state index is -4.59. The Morgan fingerprint density at radius 3 is 2.60 bits per heavy atom. The molecule has 7 heteroatoms. The molecule has 1 aromatic rings. The maximum Gasteiger partial charge on any atom is 0.417 e. The van der Waals surface area contributed by atoms with E-state index in [1.54, 1.807) is 7.05 Å². The van der Waals surface area contributed by atoms with Gasteiger partial charge in [0.2, 0.25) is 0 Å². The van der Waals surface area contributed by atoms with Crippen LogP contribution in [0.15, 0.2) is 18.2 Å². The summed E-state index contributed by atoms with van der Waals surface area (Å²) in [6, 6.07) is 4.94. The summed E-state index contributed by atoms with van der Waals surface area (Å²) in [7, 11) is 1.57. The molecule has 0 aliphatic carbocycles. The minimum Gasteiger partial charge on any atom is -0.481 e. The maximum atomic E-state index is 12.8. The van der Waals surface area contributed by atoms with Crippen LogP contribution in [-0.4, -0.2) is 24.7 Å². The van der Waals surface area contributed by atoms with E-state index in [1.807, 2.05) is 0 Å². The van der Waals surface area contributed by atoms with E-state index >= 15 is 0 Å². The SMILES string of the molecule is CN(CCCC(=O)O)c1ccc(C#N)c(C(F)(F)F)c1. The van der Waals surface area contributed by atoms with Crippen LogP contribution in [0.4, 0.5) is 18.9 Å². The van der Waals surface area contributed by atoms with E-state index in [1.165, 1.54) is 17.0 Å². The molecule has 1 rings (SSSR count). The van der Waals surface area contributed by atoms with E-state index in [9.17, 15) is 18.0 Å². The molecule has 0 aliphatic rings. The van der Waals surface area contributed by atoms with E-state index in [2.05, 4.69) is 0 Å². The standard InChI is InChI=1S/C13H13F3N2O2/c1-18(6-2-3-12(19)20)10-5-4-9(8-17)11(7-10)13(14,15)16/h4-5,7H,2-3,6H2,1H3,(H,19,20). The minimum absolute atomic E-state index is 0.0489. The van der Waals surface area contributed by atoms with Crippen molar-refractivity contribution in [2.45, 2.75) is 19.0 Å². The average molecular weight is 286 g/mol. The average Bonchev–Trinajstić information content (AvgIpc) is 2.36. The van der Waals surface area contributed by atoms with Crippen molar-refractivity contribution in [3.63, 3.8) is 0 Å². The van der Waals surface area contributed by atoms with Gasteiger partial charge in [0.1, 0.15) is 0 Å². The summed E-state index contributed by atoms with van der Waals surface area (Å²) in [5.41, 5.74) is -1.12. The van der Waals surface area contributed by atoms with Crippen molar-refractivity contribution in [2.24, 2.45) is 0 Å². The number of carbonyl (C=O) groups is 1. The van der Waals surface area contributed by atoms with Crippen LogP contribution in [0, 0.1) is 11.3 Å². The quantitative estimate of drug-likeness (QED) is 0.904. The Morgan fingerprint density at radius 1 is 1.45 bits per heavy atom. The Balaban J connectivity index is 2.92. The summed E-state index contributed by atoms with van der Waals surface area (Å²) < 4.78 is 38.4. The van der Waals surface area contributed by atoms with Crippen molar-refractivity contribution >= 4 is 11.7 Å². The first-order chi connectivity index (χ1) is 9.25. The first-order valence-electron chi connectivity index (χ1n) is 5.80. The smallest absolute Gasteiger partial charge is 0.417 e. The normalized spacial score (nSPS) is 10.9. The van der Waals surface area contributed by atoms with E-state index in [-0.39, 0.29) is 6.42 Å². The highest BCUT2D eigenvalue weighted by atomic mass is 19.4. The first kappa shape index (κ1) is 15.8. The van der Waals surface area contributed by atoms with Crippen LogP contribution < -0.4 is 4.90 Å². The molecule has 0 spiro atoms. The van der Waals surface area contributed by atoms with Gasteiger partial charge >= 0.3 is 12.1 Å². The number of rotatable bonds is 5. The van der Waals surface area contributed by atoms with Crippen LogP contribution in [0.3, 0.4) is 0 Å². The van der Waals surface area contributed by atoms with Crippen molar-refractivity contribution in [2.75, 3.05) is 18.5 Å². The number of alkyl halides is 3. The Hall–Kier alpha value is -2.23. The van der Waals surface area contributed by atoms with Gasteiger partial charge < -0.3 is 10.0 Å². The van der Waals surface area contributed by atoms with Crippen LogP contribution in [0.1, 0.15) is 24.0 Å². The molecule has 0 heterocycles. The fourth-order valence-electron chi connectivity index (χ4n) is 1.70. The van der Waals surface area contributed by atoms with Crippen LogP contribution in [0.25, 0.3) is 0 Å². The molecule has 0 fully saturated rings. The van der Waals surface area contributed by atoms with Crippen molar-refractivity contribution < 1.29 is 23.1 Å². The van der Waals surface area contributed by atoms with Gasteiger partial charge in [-0.3, -0.25) is 4.79 Å². The maximum absolute atomic E-state index is 12.8. The molecular weight excluding hydrogens is 273 g/mol. The second-order valence-corrected chi connectivity index (χ2v) is 4.26. The predicted octanol–water partition coefficient (Wildman–Crippen LogP) is 2.88. The number of nitriles is 1. The second-order valence-electron chi connectivity index (χ2n) is 4.26. The van der Waals surface area contributed by atoms with E-state index in [4.69, 9.17) is 10.4 Å². The van der Waals surface area contributed by atoms with Crippen LogP contribution >= 0.6 is 0 Å². The molecule has 4 nitrogen and oxygen atoms in total. The predicted molar refractivity (Wildman–Crippen MR) is 66.3 cm³/mol. The summed E-state index contributed by atoms with van der Waals surface area (Å²) in [5, 5.41) is 17.2. The van der Waals surface area contributed by atoms with Crippen LogP contribution in [-0.2, 0) is 11.0 Å². The number of carboxylic acids is 1. The molecule has 0 saturated carbocycles. The monoisotopic (exact) mass is 286 g/mol. The molecule has 0 amide bonds. The Morgan fingerprint density at radius 2 is 2.10 bits per heavy atom. The van der Waals surface area contributed by atoms with Gasteiger partial charge in [-0.25, -0.2) is 0 Å². The molecule has 0 aromatic heterocycles. The highest BCUT2D eigenvalue weighted by Crippen LogP contribution is 2.34. The summed E-state index contributed by atoms with van der Waals surface area (Å²) in [4.78, 5) is 11.9. The summed E-state index contributed by atoms with van der Waals surface area (Å²) in [6.45, 7) is 0.315. The van der Waals surface area contributed by atoms with E-state index in [0.29, 0.717) is 18.7 Å². The second kappa shape index (κ2) is 6.28. The molecular formula is C13H13F3N2O2. The van der Waals surface area contributed by atoms with Crippen LogP contribution in [0.5, 0.6) is 0 Å². The van der Waals surface area contributed by atoms with Gasteiger partial charge in [0.05, 0.1) is 17.2 Å². The first-order valence-corrected chi connectivity index (χ1v) is 5.80. The molecule has 1 N–H and O–H groups in total. The number of halogens is 3. The van der Waals surface area contributed by atoms with Crippen molar-refractivity contribution in [3.8, 4) is 6.07 Å². The Kier molecular flexibility index (Phi) is 4.97. The Labute approximate surface area is 114 Å². The molecule has 0 aliphatic heterocycles. The lowest BCUT2D eigenvalue weighted by Crippen LogP contribution is -2.20. The highest BCUT2D eigenvalue weighted by molar-refractivity contribution is 5.66. The summed E-state index contributed by atoms with van der Waals surface area (Å²) in [6.07, 6.45) is -4.32. The molecule has 0 saturated heterocycles. The van der Waals surface area contributed by atoms with E-state index in [0.717, 1.165) is 12.1 Å². The van der Waals surface area contributed by atoms with Crippen molar-refractivity contribution in [1.29, 1.82) is 5.26 Å². The number of aliphatic carboxylic acids is 1. The number of hydrogen-bond donors (Lipinski definition) is 1. The number of nitrogens with zero attached hydrogens (tertiary/aromatic N) is 2. The van der Waals surface area contributed by atoms with Crippen molar-refractivity contribution in [1.82, 2.24) is 0 Å². The fraction of sp³-hybridized carbons (Fsp3) is 0.385. The third-order valence-corrected chi connectivity index (χ3v) is 2.75. The van der Waals surface area contributed by atoms with Crippen molar-refractivity contribution in [3.05, 3.63) is 29.3 Å². The molecule has 0 radical (unpaired) electrons. The lowest BCUT2D eigenvalue weighted by atomic mass is 10.1. The molecule has 1 aromatic carbocycles. The van der Waals surface area contributed by atoms with Gasteiger partial charge in [0, 0.05) is 25.7 Å². The van der Waals surface area contributed by atoms with Gasteiger partial charge in [-0.1, -0.05) is 0 Å². The third kappa shape index (κ3) is 4.16. The molecule has 20 heavy (non-hydrogen) atoms. The molecule has 0 bridgehead atoms. The number of hydrogen-bond acceptors (Lipinski definition) is 3. The fourth-order valence-corrected chi connectivity index (χ4v) is 1.70. The van der Waals surface area contributed by atoms with Gasteiger partial charge in [-0.15, -0.1) is 0 Å². The Bertz CT molecular complexity index is 535. The largest absolute Gasteiger partial charge is 0.481 e. The number of benzene rings is 1. The van der Waals surface area contributed by atoms with Gasteiger partial charge in [-0.05, 0) is 24.6 Å². The zero-order valence-electron chi connectivity index (χ0n) is 10.7. The summed E-state index contributed by atoms with van der Waals surface area (Å²) in [5.74, 6) is -0.950. The lowest BCUT2D eigenvalue weighted by Gasteiger charge is -2.20. The number of carboxylic acid groups (broad SMARTS) is 1. The van der Waals surface area contributed by atoms with Gasteiger partial charge in [0.25, 0.3) is 0 Å². The molecule has 108 valence electrons. The highest BCUT2D eigenvalue weighted by Gasteiger charge is 2.34. The zero-order chi connectivity index (χ0) is 15.3. The molecule has 0 unspecified atom stereocenters. The molecule has 0 atom stereocenters. The topological polar surface area (TPSA) is 64.3 Å². The lowest BCUT2D eigenvalue weighted by molar-refractivity contribution is -0.138. The number of anilines is 1. The third-order valence-electron chi connectivity index (χ3n) is 2.75. The van der Waals surface area contributed by atoms with Gasteiger partial charge in [-0.2, -0.15) is 18.4 Å².